The molecule has 0 bridgehead atoms. The van der Waals surface area contributed by atoms with Crippen LogP contribution >= 0.6 is 0 Å². The van der Waals surface area contributed by atoms with E-state index in [4.69, 9.17) is 13.9 Å². The van der Waals surface area contributed by atoms with Crippen LogP contribution in [0.4, 0.5) is 0 Å². The molecule has 2 aromatic rings. The molecule has 1 atom stereocenters. The van der Waals surface area contributed by atoms with Crippen molar-refractivity contribution in [1.29, 1.82) is 0 Å². The molecule has 32 heavy (non-hydrogen) atoms. The summed E-state index contributed by atoms with van der Waals surface area (Å²) in [5.74, 6) is -0.762. The molecule has 0 radical (unpaired) electrons. The van der Waals surface area contributed by atoms with E-state index in [1.165, 1.54) is 6.07 Å². The highest BCUT2D eigenvalue weighted by Gasteiger charge is 2.28. The number of benzene rings is 1. The lowest BCUT2D eigenvalue weighted by atomic mass is 9.95. The molecule has 1 aliphatic rings. The van der Waals surface area contributed by atoms with Gasteiger partial charge in [0.2, 0.25) is 0 Å². The molecule has 174 valence electrons. The van der Waals surface area contributed by atoms with E-state index in [9.17, 15) is 19.5 Å². The quantitative estimate of drug-likeness (QED) is 0.488. The first-order valence-corrected chi connectivity index (χ1v) is 11.2. The SMILES string of the molecule is CCOC(=O)CCc1cc2c(C)cc(=O)oc2c(CN2CCCC(C(=O)OCC)C2)c1O. The second-order valence-electron chi connectivity index (χ2n) is 8.12. The van der Waals surface area contributed by atoms with Gasteiger partial charge in [0.1, 0.15) is 11.3 Å². The van der Waals surface area contributed by atoms with Crippen LogP contribution in [0.2, 0.25) is 0 Å². The monoisotopic (exact) mass is 445 g/mol. The van der Waals surface area contributed by atoms with Crippen molar-refractivity contribution in [3.63, 3.8) is 0 Å². The Hall–Kier alpha value is -2.87. The van der Waals surface area contributed by atoms with E-state index in [2.05, 4.69) is 4.90 Å². The summed E-state index contributed by atoms with van der Waals surface area (Å²) in [7, 11) is 0. The summed E-state index contributed by atoms with van der Waals surface area (Å²) >= 11 is 0. The van der Waals surface area contributed by atoms with Crippen molar-refractivity contribution < 1.29 is 28.6 Å². The first-order valence-electron chi connectivity index (χ1n) is 11.2. The number of nitrogens with zero attached hydrogens (tertiary/aromatic N) is 1. The summed E-state index contributed by atoms with van der Waals surface area (Å²) in [6.45, 7) is 7.56. The molecule has 2 heterocycles. The third-order valence-electron chi connectivity index (χ3n) is 5.80. The van der Waals surface area contributed by atoms with E-state index in [1.807, 2.05) is 6.92 Å². The first-order chi connectivity index (χ1) is 15.3. The van der Waals surface area contributed by atoms with Gasteiger partial charge in [0.05, 0.1) is 24.7 Å². The van der Waals surface area contributed by atoms with Crippen molar-refractivity contribution in [2.75, 3.05) is 26.3 Å². The lowest BCUT2D eigenvalue weighted by Gasteiger charge is -2.31. The van der Waals surface area contributed by atoms with Gasteiger partial charge in [-0.2, -0.15) is 0 Å². The summed E-state index contributed by atoms with van der Waals surface area (Å²) in [5, 5.41) is 11.8. The first kappa shape index (κ1) is 23.8. The van der Waals surface area contributed by atoms with Gasteiger partial charge in [0.25, 0.3) is 0 Å². The van der Waals surface area contributed by atoms with Crippen LogP contribution in [0.25, 0.3) is 11.0 Å². The maximum Gasteiger partial charge on any atom is 0.336 e. The van der Waals surface area contributed by atoms with Crippen LogP contribution in [0.1, 0.15) is 49.8 Å². The van der Waals surface area contributed by atoms with Crippen LogP contribution in [-0.2, 0) is 32.0 Å². The second kappa shape index (κ2) is 10.6. The Morgan fingerprint density at radius 1 is 1.22 bits per heavy atom. The fraction of sp³-hybridized carbons (Fsp3) is 0.542. The molecule has 1 saturated heterocycles. The van der Waals surface area contributed by atoms with Crippen LogP contribution < -0.4 is 5.63 Å². The number of rotatable bonds is 8. The minimum absolute atomic E-state index is 0.00815. The number of ether oxygens (including phenoxy) is 2. The largest absolute Gasteiger partial charge is 0.507 e. The molecule has 0 saturated carbocycles. The van der Waals surface area contributed by atoms with Crippen molar-refractivity contribution in [3.05, 3.63) is 39.2 Å². The summed E-state index contributed by atoms with van der Waals surface area (Å²) in [4.78, 5) is 38.2. The third-order valence-corrected chi connectivity index (χ3v) is 5.80. The molecule has 1 aliphatic heterocycles. The number of hydrogen-bond donors (Lipinski definition) is 1. The van der Waals surface area contributed by atoms with Gasteiger partial charge in [0.15, 0.2) is 0 Å². The molecular formula is C24H31NO7. The van der Waals surface area contributed by atoms with Gasteiger partial charge in [-0.1, -0.05) is 0 Å². The van der Waals surface area contributed by atoms with Crippen LogP contribution in [-0.4, -0.2) is 48.2 Å². The highest BCUT2D eigenvalue weighted by atomic mass is 16.5. The number of esters is 2. The van der Waals surface area contributed by atoms with Crippen molar-refractivity contribution in [2.24, 2.45) is 5.92 Å². The fourth-order valence-electron chi connectivity index (χ4n) is 4.25. The summed E-state index contributed by atoms with van der Waals surface area (Å²) in [5.41, 5.74) is 1.67. The molecule has 1 fully saturated rings. The molecule has 0 aliphatic carbocycles. The molecule has 1 N–H and O–H groups in total. The molecule has 1 unspecified atom stereocenters. The number of fused-ring (bicyclic) bond motifs is 1. The topological polar surface area (TPSA) is 106 Å². The zero-order chi connectivity index (χ0) is 23.3. The minimum atomic E-state index is -0.488. The predicted octanol–water partition coefficient (Wildman–Crippen LogP) is 3.08. The zero-order valence-electron chi connectivity index (χ0n) is 18.9. The maximum absolute atomic E-state index is 12.2. The van der Waals surface area contributed by atoms with Crippen LogP contribution in [0, 0.1) is 12.8 Å². The third kappa shape index (κ3) is 5.48. The lowest BCUT2D eigenvalue weighted by molar-refractivity contribution is -0.150. The van der Waals surface area contributed by atoms with Crippen LogP contribution in [0.15, 0.2) is 21.3 Å². The minimum Gasteiger partial charge on any atom is -0.507 e. The van der Waals surface area contributed by atoms with Gasteiger partial charge in [-0.05, 0) is 63.8 Å². The summed E-state index contributed by atoms with van der Waals surface area (Å²) in [6.07, 6.45) is 2.03. The fourth-order valence-corrected chi connectivity index (χ4v) is 4.25. The molecule has 1 aromatic heterocycles. The van der Waals surface area contributed by atoms with E-state index < -0.39 is 5.63 Å². The number of aromatic hydroxyl groups is 1. The average molecular weight is 446 g/mol. The van der Waals surface area contributed by atoms with Crippen molar-refractivity contribution in [2.45, 2.75) is 53.0 Å². The Bertz CT molecular complexity index is 1040. The lowest BCUT2D eigenvalue weighted by Crippen LogP contribution is -2.39. The molecule has 1 aromatic carbocycles. The molecule has 0 spiro atoms. The summed E-state index contributed by atoms with van der Waals surface area (Å²) in [6, 6.07) is 3.18. The van der Waals surface area contributed by atoms with Gasteiger partial charge >= 0.3 is 17.6 Å². The number of aryl methyl sites for hydroxylation is 2. The zero-order valence-corrected chi connectivity index (χ0v) is 18.9. The van der Waals surface area contributed by atoms with E-state index in [0.717, 1.165) is 30.3 Å². The molecule has 8 nitrogen and oxygen atoms in total. The number of hydrogen-bond acceptors (Lipinski definition) is 8. The van der Waals surface area contributed by atoms with Crippen molar-refractivity contribution in [3.8, 4) is 5.75 Å². The number of likely N-dealkylation sites (tertiary alicyclic amines) is 1. The number of phenols is 1. The highest BCUT2D eigenvalue weighted by Crippen LogP contribution is 2.35. The summed E-state index contributed by atoms with van der Waals surface area (Å²) < 4.78 is 15.7. The Balaban J connectivity index is 1.95. The maximum atomic E-state index is 12.2. The Kier molecular flexibility index (Phi) is 7.90. The van der Waals surface area contributed by atoms with Crippen molar-refractivity contribution in [1.82, 2.24) is 4.90 Å². The molecular weight excluding hydrogens is 414 g/mol. The van der Waals surface area contributed by atoms with Crippen LogP contribution in [0.5, 0.6) is 5.75 Å². The Morgan fingerprint density at radius 3 is 2.69 bits per heavy atom. The van der Waals surface area contributed by atoms with E-state index >= 15 is 0 Å². The number of phenolic OH excluding ortho intramolecular Hbond substituents is 1. The average Bonchev–Trinajstić information content (AvgIpc) is 2.75. The van der Waals surface area contributed by atoms with Gasteiger partial charge in [-0.25, -0.2) is 4.79 Å². The number of piperidine rings is 1. The molecule has 3 rings (SSSR count). The predicted molar refractivity (Wildman–Crippen MR) is 118 cm³/mol. The van der Waals surface area contributed by atoms with Gasteiger partial charge < -0.3 is 19.0 Å². The van der Waals surface area contributed by atoms with E-state index in [1.54, 1.807) is 19.9 Å². The van der Waals surface area contributed by atoms with Gasteiger partial charge in [-0.15, -0.1) is 0 Å². The van der Waals surface area contributed by atoms with Gasteiger partial charge in [0, 0.05) is 31.0 Å². The molecule has 8 heteroatoms. The number of carbonyl (C=O) groups excluding carboxylic acids is 2. The Labute approximate surface area is 187 Å². The number of carbonyl (C=O) groups is 2. The van der Waals surface area contributed by atoms with E-state index in [-0.39, 0.29) is 30.0 Å². The second-order valence-corrected chi connectivity index (χ2v) is 8.12. The highest BCUT2D eigenvalue weighted by molar-refractivity contribution is 5.86. The smallest absolute Gasteiger partial charge is 0.336 e. The van der Waals surface area contributed by atoms with E-state index in [0.29, 0.717) is 49.4 Å². The Morgan fingerprint density at radius 2 is 1.97 bits per heavy atom. The normalized spacial score (nSPS) is 16.8. The van der Waals surface area contributed by atoms with Crippen molar-refractivity contribution >= 4 is 22.9 Å². The standard InChI is InChI=1S/C24H31NO7/c1-4-30-20(26)9-8-16-12-18-15(3)11-21(27)32-23(18)19(22(16)28)14-25-10-6-7-17(13-25)24(29)31-5-2/h11-12,17,28H,4-10,13-14H2,1-3H3. The molecule has 0 amide bonds. The van der Waals surface area contributed by atoms with Gasteiger partial charge in [-0.3, -0.25) is 14.5 Å². The van der Waals surface area contributed by atoms with Crippen LogP contribution in [0.3, 0.4) is 0 Å².